The number of fused-ring (bicyclic) bond motifs is 1. The second-order valence-electron chi connectivity index (χ2n) is 8.29. The molecule has 4 nitrogen and oxygen atoms in total. The fourth-order valence-electron chi connectivity index (χ4n) is 4.65. The summed E-state index contributed by atoms with van der Waals surface area (Å²) in [6.07, 6.45) is 6.74. The van der Waals surface area contributed by atoms with Crippen LogP contribution >= 0.6 is 0 Å². The maximum atomic E-state index is 6.14. The quantitative estimate of drug-likeness (QED) is 0.485. The van der Waals surface area contributed by atoms with Crippen molar-refractivity contribution in [2.24, 2.45) is 4.99 Å². The van der Waals surface area contributed by atoms with E-state index >= 15 is 0 Å². The van der Waals surface area contributed by atoms with Gasteiger partial charge in [0.05, 0.1) is 19.8 Å². The molecule has 30 heavy (non-hydrogen) atoms. The number of rotatable bonds is 9. The van der Waals surface area contributed by atoms with Crippen LogP contribution in [0.4, 0.5) is 0 Å². The van der Waals surface area contributed by atoms with Crippen LogP contribution in [0.15, 0.2) is 47.5 Å². The van der Waals surface area contributed by atoms with Crippen molar-refractivity contribution in [1.82, 2.24) is 0 Å². The number of hydrogen-bond donors (Lipinski definition) is 0. The molecule has 0 spiro atoms. The normalized spacial score (nSPS) is 22.4. The minimum absolute atomic E-state index is 0.146. The molecule has 0 saturated heterocycles. The van der Waals surface area contributed by atoms with Crippen LogP contribution in [0, 0.1) is 0 Å². The van der Waals surface area contributed by atoms with Gasteiger partial charge in [0, 0.05) is 5.56 Å². The van der Waals surface area contributed by atoms with Gasteiger partial charge in [0.15, 0.2) is 0 Å². The summed E-state index contributed by atoms with van der Waals surface area (Å²) in [5.41, 5.74) is 4.01. The highest BCUT2D eigenvalue weighted by atomic mass is 16.5. The van der Waals surface area contributed by atoms with Gasteiger partial charge in [-0.1, -0.05) is 19.9 Å². The van der Waals surface area contributed by atoms with Crippen molar-refractivity contribution in [3.05, 3.63) is 59.2 Å². The zero-order valence-electron chi connectivity index (χ0n) is 18.4. The van der Waals surface area contributed by atoms with Gasteiger partial charge >= 0.3 is 0 Å². The third-order valence-corrected chi connectivity index (χ3v) is 6.44. The van der Waals surface area contributed by atoms with E-state index in [-0.39, 0.29) is 12.1 Å². The summed E-state index contributed by atoms with van der Waals surface area (Å²) in [5, 5.41) is 0. The fourth-order valence-corrected chi connectivity index (χ4v) is 4.65. The van der Waals surface area contributed by atoms with Crippen LogP contribution in [0.2, 0.25) is 0 Å². The van der Waals surface area contributed by atoms with Crippen LogP contribution < -0.4 is 9.47 Å². The summed E-state index contributed by atoms with van der Waals surface area (Å²) >= 11 is 0. The van der Waals surface area contributed by atoms with Crippen molar-refractivity contribution in [1.29, 1.82) is 0 Å². The van der Waals surface area contributed by atoms with E-state index in [1.54, 1.807) is 7.11 Å². The van der Waals surface area contributed by atoms with E-state index in [0.29, 0.717) is 0 Å². The molecule has 160 valence electrons. The van der Waals surface area contributed by atoms with Gasteiger partial charge in [-0.25, -0.2) is 4.99 Å². The van der Waals surface area contributed by atoms with E-state index in [0.717, 1.165) is 54.7 Å². The number of methoxy groups -OCH3 is 1. The Labute approximate surface area is 180 Å². The average molecular weight is 408 g/mol. The molecule has 1 heterocycles. The Balaban J connectivity index is 1.30. The van der Waals surface area contributed by atoms with Crippen molar-refractivity contribution in [3.8, 4) is 11.5 Å². The lowest BCUT2D eigenvalue weighted by Gasteiger charge is -2.16. The molecule has 2 aliphatic rings. The third kappa shape index (κ3) is 4.48. The number of nitrogens with zero attached hydrogens (tertiary/aromatic N) is 1. The topological polar surface area (TPSA) is 40.0 Å². The van der Waals surface area contributed by atoms with E-state index in [1.807, 2.05) is 24.3 Å². The molecule has 1 aliphatic heterocycles. The van der Waals surface area contributed by atoms with Crippen LogP contribution in [0.5, 0.6) is 11.5 Å². The molecular formula is C26H33NO3. The van der Waals surface area contributed by atoms with Crippen molar-refractivity contribution in [2.75, 3.05) is 13.7 Å². The first-order chi connectivity index (χ1) is 14.7. The minimum Gasteiger partial charge on any atom is -0.497 e. The molecule has 4 rings (SSSR count). The fraction of sp³-hybridized carbons (Fsp3) is 0.500. The molecule has 2 unspecified atom stereocenters. The smallest absolute Gasteiger partial charge is 0.216 e. The van der Waals surface area contributed by atoms with Gasteiger partial charge in [-0.3, -0.25) is 0 Å². The van der Waals surface area contributed by atoms with Crippen molar-refractivity contribution >= 4 is 5.90 Å². The molecule has 0 amide bonds. The summed E-state index contributed by atoms with van der Waals surface area (Å²) in [6.45, 7) is 5.16. The van der Waals surface area contributed by atoms with E-state index in [2.05, 4.69) is 32.0 Å². The lowest BCUT2D eigenvalue weighted by molar-refractivity contribution is 0.178. The van der Waals surface area contributed by atoms with Crippen molar-refractivity contribution in [3.63, 3.8) is 0 Å². The number of benzene rings is 2. The van der Waals surface area contributed by atoms with E-state index in [1.165, 1.54) is 30.4 Å². The van der Waals surface area contributed by atoms with Crippen LogP contribution in [0.1, 0.15) is 68.6 Å². The molecule has 0 N–H and O–H groups in total. The maximum Gasteiger partial charge on any atom is 0.216 e. The minimum atomic E-state index is 0.146. The molecule has 0 radical (unpaired) electrons. The molecule has 0 saturated carbocycles. The van der Waals surface area contributed by atoms with Crippen LogP contribution in [0.3, 0.4) is 0 Å². The van der Waals surface area contributed by atoms with E-state index < -0.39 is 0 Å². The summed E-state index contributed by atoms with van der Waals surface area (Å²) in [7, 11) is 1.68. The first kappa shape index (κ1) is 20.8. The van der Waals surface area contributed by atoms with Gasteiger partial charge in [0.1, 0.15) is 17.6 Å². The molecule has 0 bridgehead atoms. The van der Waals surface area contributed by atoms with E-state index in [9.17, 15) is 0 Å². The van der Waals surface area contributed by atoms with Crippen LogP contribution in [0.25, 0.3) is 0 Å². The molecule has 1 aliphatic carbocycles. The lowest BCUT2D eigenvalue weighted by Crippen LogP contribution is -2.22. The summed E-state index contributed by atoms with van der Waals surface area (Å²) < 4.78 is 17.4. The summed E-state index contributed by atoms with van der Waals surface area (Å²) in [6, 6.07) is 14.8. The van der Waals surface area contributed by atoms with Gasteiger partial charge in [0.2, 0.25) is 5.90 Å². The Bertz CT molecular complexity index is 874. The largest absolute Gasteiger partial charge is 0.497 e. The summed E-state index contributed by atoms with van der Waals surface area (Å²) in [5.74, 6) is 3.33. The SMILES string of the molecule is CCC1OC(c2ccc(OC)cc2)=NC1CCCOc1ccc2c(c1)CC[C@H]2CC. The second-order valence-corrected chi connectivity index (χ2v) is 8.29. The predicted molar refractivity (Wildman–Crippen MR) is 121 cm³/mol. The van der Waals surface area contributed by atoms with Gasteiger partial charge in [-0.2, -0.15) is 0 Å². The Morgan fingerprint density at radius 3 is 2.57 bits per heavy atom. The first-order valence-electron chi connectivity index (χ1n) is 11.4. The van der Waals surface area contributed by atoms with E-state index in [4.69, 9.17) is 19.2 Å². The molecular weight excluding hydrogens is 374 g/mol. The number of ether oxygens (including phenoxy) is 3. The van der Waals surface area contributed by atoms with Crippen LogP contribution in [-0.4, -0.2) is 31.8 Å². The Hall–Kier alpha value is -2.49. The highest BCUT2D eigenvalue weighted by molar-refractivity contribution is 5.95. The first-order valence-corrected chi connectivity index (χ1v) is 11.4. The van der Waals surface area contributed by atoms with Gasteiger partial charge in [0.25, 0.3) is 0 Å². The maximum absolute atomic E-state index is 6.14. The Morgan fingerprint density at radius 1 is 1.03 bits per heavy atom. The monoisotopic (exact) mass is 407 g/mol. The lowest BCUT2D eigenvalue weighted by atomic mass is 9.99. The standard InChI is InChI=1S/C26H33NO3/c1-4-18-8-9-20-17-22(14-15-23(18)20)29-16-6-7-24-25(5-2)30-26(27-24)19-10-12-21(28-3)13-11-19/h10-15,17-18,24-25H,4-9,16H2,1-3H3/t18-,24?,25?/m1/s1. The number of hydrogen-bond acceptors (Lipinski definition) is 4. The third-order valence-electron chi connectivity index (χ3n) is 6.44. The van der Waals surface area contributed by atoms with Crippen molar-refractivity contribution in [2.45, 2.75) is 70.4 Å². The molecule has 3 atom stereocenters. The van der Waals surface area contributed by atoms with Gasteiger partial charge < -0.3 is 14.2 Å². The van der Waals surface area contributed by atoms with Gasteiger partial charge in [-0.05, 0) is 92.0 Å². The zero-order valence-corrected chi connectivity index (χ0v) is 18.4. The molecule has 2 aromatic rings. The molecule has 0 aromatic heterocycles. The van der Waals surface area contributed by atoms with Gasteiger partial charge in [-0.15, -0.1) is 0 Å². The molecule has 4 heteroatoms. The highest BCUT2D eigenvalue weighted by Gasteiger charge is 2.29. The number of aliphatic imine (C=N–C) groups is 1. The van der Waals surface area contributed by atoms with Crippen LogP contribution in [-0.2, 0) is 11.2 Å². The zero-order chi connectivity index (χ0) is 20.9. The predicted octanol–water partition coefficient (Wildman–Crippen LogP) is 5.92. The Morgan fingerprint density at radius 2 is 1.83 bits per heavy atom. The average Bonchev–Trinajstić information content (AvgIpc) is 3.40. The molecule has 0 fully saturated rings. The highest BCUT2D eigenvalue weighted by Crippen LogP contribution is 2.37. The number of aryl methyl sites for hydroxylation is 1. The summed E-state index contributed by atoms with van der Waals surface area (Å²) in [4.78, 5) is 4.87. The molecule has 2 aromatic carbocycles. The Kier molecular flexibility index (Phi) is 6.61. The van der Waals surface area contributed by atoms with Crippen molar-refractivity contribution < 1.29 is 14.2 Å². The second kappa shape index (κ2) is 9.55.